The van der Waals surface area contributed by atoms with E-state index in [-0.39, 0.29) is 10.8 Å². The Bertz CT molecular complexity index is 558. The first-order valence-corrected chi connectivity index (χ1v) is 8.50. The summed E-state index contributed by atoms with van der Waals surface area (Å²) in [5, 5.41) is 2.91. The molecule has 0 aliphatic heterocycles. The second-order valence-corrected chi connectivity index (χ2v) is 6.91. The molecule has 1 N–H and O–H groups in total. The topological polar surface area (TPSA) is 63.2 Å². The summed E-state index contributed by atoms with van der Waals surface area (Å²) in [6, 6.07) is 4.21. The van der Waals surface area contributed by atoms with Gasteiger partial charge >= 0.3 is 0 Å². The number of benzene rings is 1. The summed E-state index contributed by atoms with van der Waals surface area (Å²) in [5.41, 5.74) is 0.306. The van der Waals surface area contributed by atoms with Crippen molar-refractivity contribution in [1.82, 2.24) is 0 Å². The first kappa shape index (κ1) is 16.3. The van der Waals surface area contributed by atoms with E-state index < -0.39 is 9.84 Å². The van der Waals surface area contributed by atoms with Gasteiger partial charge in [-0.15, -0.1) is 11.6 Å². The predicted molar refractivity (Wildman–Crippen MR) is 77.8 cm³/mol. The number of sulfone groups is 1. The first-order chi connectivity index (χ1) is 8.84. The smallest absolute Gasteiger partial charge is 0.224 e. The van der Waals surface area contributed by atoms with Crippen LogP contribution >= 0.6 is 23.2 Å². The van der Waals surface area contributed by atoms with Crippen molar-refractivity contribution in [3.8, 4) is 0 Å². The molecule has 1 aromatic carbocycles. The van der Waals surface area contributed by atoms with E-state index in [0.717, 1.165) is 12.7 Å². The van der Waals surface area contributed by atoms with Crippen LogP contribution in [0.15, 0.2) is 23.1 Å². The minimum absolute atomic E-state index is 0.118. The fraction of sp³-hybridized carbons (Fsp3) is 0.417. The van der Waals surface area contributed by atoms with Crippen LogP contribution in [-0.4, -0.2) is 26.5 Å². The van der Waals surface area contributed by atoms with Gasteiger partial charge in [0.05, 0.1) is 15.6 Å². The molecule has 19 heavy (non-hydrogen) atoms. The summed E-state index contributed by atoms with van der Waals surface area (Å²) in [7, 11) is -3.33. The Balaban J connectivity index is 2.80. The molecule has 1 rings (SSSR count). The zero-order chi connectivity index (χ0) is 14.5. The molecule has 0 saturated heterocycles. The van der Waals surface area contributed by atoms with Crippen LogP contribution in [0, 0.1) is 0 Å². The number of halogens is 2. The van der Waals surface area contributed by atoms with E-state index in [1.807, 2.05) is 0 Å². The SMILES string of the molecule is CS(=O)(=O)c1ccc(Cl)c(NC(=O)CCCCCl)c1. The second-order valence-electron chi connectivity index (χ2n) is 4.11. The molecule has 4 nitrogen and oxygen atoms in total. The van der Waals surface area contributed by atoms with Gasteiger partial charge in [0.1, 0.15) is 0 Å². The van der Waals surface area contributed by atoms with Crippen LogP contribution in [0.3, 0.4) is 0 Å². The van der Waals surface area contributed by atoms with E-state index in [2.05, 4.69) is 5.32 Å². The summed E-state index contributed by atoms with van der Waals surface area (Å²) in [5.74, 6) is 0.301. The maximum atomic E-state index is 11.6. The molecule has 0 unspecified atom stereocenters. The van der Waals surface area contributed by atoms with Crippen LogP contribution < -0.4 is 5.32 Å². The fourth-order valence-corrected chi connectivity index (χ4v) is 2.42. The Morgan fingerprint density at radius 2 is 2.00 bits per heavy atom. The Morgan fingerprint density at radius 3 is 2.58 bits per heavy atom. The molecule has 0 aliphatic carbocycles. The molecule has 0 fully saturated rings. The first-order valence-electron chi connectivity index (χ1n) is 5.70. The molecule has 0 atom stereocenters. The van der Waals surface area contributed by atoms with Gasteiger partial charge in [-0.25, -0.2) is 8.42 Å². The molecule has 1 aromatic rings. The lowest BCUT2D eigenvalue weighted by Crippen LogP contribution is -2.12. The number of hydrogen-bond donors (Lipinski definition) is 1. The lowest BCUT2D eigenvalue weighted by molar-refractivity contribution is -0.116. The van der Waals surface area contributed by atoms with Crippen molar-refractivity contribution in [3.05, 3.63) is 23.2 Å². The monoisotopic (exact) mass is 323 g/mol. The van der Waals surface area contributed by atoms with Crippen LogP contribution in [0.2, 0.25) is 5.02 Å². The zero-order valence-corrected chi connectivity index (χ0v) is 12.8. The van der Waals surface area contributed by atoms with Crippen LogP contribution in [0.1, 0.15) is 19.3 Å². The lowest BCUT2D eigenvalue weighted by atomic mass is 10.2. The van der Waals surface area contributed by atoms with Gasteiger partial charge < -0.3 is 5.32 Å². The number of alkyl halides is 1. The quantitative estimate of drug-likeness (QED) is 0.646. The molecule has 0 radical (unpaired) electrons. The third kappa shape index (κ3) is 5.38. The van der Waals surface area contributed by atoms with Gasteiger partial charge in [0.2, 0.25) is 5.91 Å². The number of nitrogens with one attached hydrogen (secondary N) is 1. The summed E-state index contributed by atoms with van der Waals surface area (Å²) in [4.78, 5) is 11.8. The van der Waals surface area contributed by atoms with Gasteiger partial charge in [-0.1, -0.05) is 11.6 Å². The van der Waals surface area contributed by atoms with Crippen molar-refractivity contribution >= 4 is 44.6 Å². The van der Waals surface area contributed by atoms with Crippen LogP contribution in [0.25, 0.3) is 0 Å². The van der Waals surface area contributed by atoms with Gasteiger partial charge in [0.25, 0.3) is 0 Å². The number of amides is 1. The highest BCUT2D eigenvalue weighted by atomic mass is 35.5. The molecular weight excluding hydrogens is 309 g/mol. The predicted octanol–water partition coefficient (Wildman–Crippen LogP) is 3.09. The number of rotatable bonds is 6. The Kier molecular flexibility index (Phi) is 6.10. The highest BCUT2D eigenvalue weighted by Gasteiger charge is 2.12. The van der Waals surface area contributed by atoms with E-state index in [1.54, 1.807) is 0 Å². The Morgan fingerprint density at radius 1 is 1.32 bits per heavy atom. The summed E-state index contributed by atoms with van der Waals surface area (Å²) in [6.07, 6.45) is 2.86. The Labute approximate surface area is 123 Å². The summed E-state index contributed by atoms with van der Waals surface area (Å²) >= 11 is 11.4. The van der Waals surface area contributed by atoms with Gasteiger partial charge in [-0.05, 0) is 31.0 Å². The van der Waals surface area contributed by atoms with Crippen LogP contribution in [0.5, 0.6) is 0 Å². The van der Waals surface area contributed by atoms with E-state index in [4.69, 9.17) is 23.2 Å². The third-order valence-electron chi connectivity index (χ3n) is 2.43. The molecule has 0 bridgehead atoms. The van der Waals surface area contributed by atoms with Gasteiger partial charge in [0.15, 0.2) is 9.84 Å². The standard InChI is InChI=1S/C12H15Cl2NO3S/c1-19(17,18)9-5-6-10(14)11(8-9)15-12(16)4-2-3-7-13/h5-6,8H,2-4,7H2,1H3,(H,15,16). The van der Waals surface area contributed by atoms with Crippen molar-refractivity contribution in [3.63, 3.8) is 0 Å². The highest BCUT2D eigenvalue weighted by Crippen LogP contribution is 2.25. The number of anilines is 1. The average Bonchev–Trinajstić information content (AvgIpc) is 2.31. The lowest BCUT2D eigenvalue weighted by Gasteiger charge is -2.08. The number of hydrogen-bond acceptors (Lipinski definition) is 3. The van der Waals surface area contributed by atoms with Crippen molar-refractivity contribution in [2.75, 3.05) is 17.5 Å². The molecule has 0 aromatic heterocycles. The van der Waals surface area contributed by atoms with Gasteiger partial charge in [-0.3, -0.25) is 4.79 Å². The van der Waals surface area contributed by atoms with Crippen molar-refractivity contribution < 1.29 is 13.2 Å². The average molecular weight is 324 g/mol. The largest absolute Gasteiger partial charge is 0.325 e. The minimum atomic E-state index is -3.33. The molecule has 106 valence electrons. The maximum absolute atomic E-state index is 11.6. The van der Waals surface area contributed by atoms with Gasteiger partial charge in [-0.2, -0.15) is 0 Å². The molecule has 0 saturated carbocycles. The summed E-state index contributed by atoms with van der Waals surface area (Å²) in [6.45, 7) is 0. The molecule has 0 spiro atoms. The highest BCUT2D eigenvalue weighted by molar-refractivity contribution is 7.90. The number of unbranched alkanes of at least 4 members (excludes halogenated alkanes) is 1. The van der Waals surface area contributed by atoms with E-state index in [1.165, 1.54) is 18.2 Å². The maximum Gasteiger partial charge on any atom is 0.224 e. The molecule has 7 heteroatoms. The van der Waals surface area contributed by atoms with Crippen LogP contribution in [-0.2, 0) is 14.6 Å². The second kappa shape index (κ2) is 7.12. The molecule has 0 aliphatic rings. The van der Waals surface area contributed by atoms with Crippen molar-refractivity contribution in [2.45, 2.75) is 24.2 Å². The molecular formula is C12H15Cl2NO3S. The van der Waals surface area contributed by atoms with Crippen molar-refractivity contribution in [1.29, 1.82) is 0 Å². The summed E-state index contributed by atoms with van der Waals surface area (Å²) < 4.78 is 22.8. The number of carbonyl (C=O) groups is 1. The normalized spacial score (nSPS) is 11.3. The fourth-order valence-electron chi connectivity index (χ4n) is 1.42. The minimum Gasteiger partial charge on any atom is -0.325 e. The zero-order valence-electron chi connectivity index (χ0n) is 10.4. The van der Waals surface area contributed by atoms with Crippen LogP contribution in [0.4, 0.5) is 5.69 Å². The van der Waals surface area contributed by atoms with E-state index in [0.29, 0.717) is 29.4 Å². The number of carbonyl (C=O) groups excluding carboxylic acids is 1. The molecule has 1 amide bonds. The Hall–Kier alpha value is -0.780. The molecule has 0 heterocycles. The van der Waals surface area contributed by atoms with E-state index >= 15 is 0 Å². The van der Waals surface area contributed by atoms with E-state index in [9.17, 15) is 13.2 Å². The van der Waals surface area contributed by atoms with Crippen molar-refractivity contribution in [2.24, 2.45) is 0 Å². The van der Waals surface area contributed by atoms with Gasteiger partial charge in [0, 0.05) is 18.6 Å². The third-order valence-corrected chi connectivity index (χ3v) is 4.13.